The van der Waals surface area contributed by atoms with Crippen LogP contribution in [0, 0.1) is 0 Å². The molecule has 1 saturated carbocycles. The van der Waals surface area contributed by atoms with Crippen LogP contribution in [0.4, 0.5) is 0 Å². The monoisotopic (exact) mass is 261 g/mol. The Morgan fingerprint density at radius 2 is 2.11 bits per heavy atom. The van der Waals surface area contributed by atoms with Gasteiger partial charge in [-0.3, -0.25) is 9.25 Å². The van der Waals surface area contributed by atoms with Crippen molar-refractivity contribution in [3.63, 3.8) is 0 Å². The maximum Gasteiger partial charge on any atom is 0.345 e. The first-order chi connectivity index (χ1) is 9.24. The highest BCUT2D eigenvalue weighted by Crippen LogP contribution is 2.27. The van der Waals surface area contributed by atoms with Crippen molar-refractivity contribution >= 4 is 0 Å². The van der Waals surface area contributed by atoms with E-state index in [9.17, 15) is 4.79 Å². The molecule has 102 valence electrons. The fourth-order valence-electron chi connectivity index (χ4n) is 2.69. The lowest BCUT2D eigenvalue weighted by Gasteiger charge is -2.21. The SMILES string of the molecule is Cn1cnn(Cc2ccn(C3CCCCC3)n2)c1=O. The summed E-state index contributed by atoms with van der Waals surface area (Å²) in [5.74, 6) is 0. The first kappa shape index (κ1) is 12.2. The van der Waals surface area contributed by atoms with E-state index in [2.05, 4.69) is 14.9 Å². The molecule has 1 aliphatic rings. The van der Waals surface area contributed by atoms with Crippen LogP contribution in [0.1, 0.15) is 43.8 Å². The molecule has 0 aliphatic heterocycles. The lowest BCUT2D eigenvalue weighted by Crippen LogP contribution is -2.23. The Kier molecular flexibility index (Phi) is 3.23. The molecule has 19 heavy (non-hydrogen) atoms. The molecule has 6 nitrogen and oxygen atoms in total. The van der Waals surface area contributed by atoms with Crippen molar-refractivity contribution in [2.45, 2.75) is 44.7 Å². The summed E-state index contributed by atoms with van der Waals surface area (Å²) in [5, 5.41) is 8.64. The topological polar surface area (TPSA) is 57.6 Å². The zero-order valence-electron chi connectivity index (χ0n) is 11.2. The second-order valence-electron chi connectivity index (χ2n) is 5.26. The molecule has 0 amide bonds. The standard InChI is InChI=1S/C13H19N5O/c1-16-10-14-18(13(16)19)9-11-7-8-17(15-11)12-5-3-2-4-6-12/h7-8,10,12H,2-6,9H2,1H3. The Hall–Kier alpha value is -1.85. The highest BCUT2D eigenvalue weighted by molar-refractivity contribution is 5.00. The lowest BCUT2D eigenvalue weighted by atomic mass is 9.96. The average Bonchev–Trinajstić information content (AvgIpc) is 3.02. The average molecular weight is 261 g/mol. The van der Waals surface area contributed by atoms with Crippen molar-refractivity contribution in [2.75, 3.05) is 0 Å². The van der Waals surface area contributed by atoms with Gasteiger partial charge < -0.3 is 0 Å². The molecule has 0 atom stereocenters. The third kappa shape index (κ3) is 2.47. The van der Waals surface area contributed by atoms with Crippen LogP contribution in [0.25, 0.3) is 0 Å². The predicted molar refractivity (Wildman–Crippen MR) is 70.9 cm³/mol. The molecule has 1 fully saturated rings. The minimum Gasteiger partial charge on any atom is -0.285 e. The van der Waals surface area contributed by atoms with E-state index in [0.717, 1.165) is 5.69 Å². The van der Waals surface area contributed by atoms with Crippen molar-refractivity contribution in [1.82, 2.24) is 24.1 Å². The summed E-state index contributed by atoms with van der Waals surface area (Å²) in [5.41, 5.74) is 0.790. The van der Waals surface area contributed by atoms with Gasteiger partial charge in [-0.25, -0.2) is 9.48 Å². The van der Waals surface area contributed by atoms with Gasteiger partial charge in [0.25, 0.3) is 0 Å². The Balaban J connectivity index is 1.74. The molecule has 0 radical (unpaired) electrons. The number of nitrogens with zero attached hydrogens (tertiary/aromatic N) is 5. The molecule has 2 heterocycles. The van der Waals surface area contributed by atoms with Gasteiger partial charge in [-0.05, 0) is 18.9 Å². The van der Waals surface area contributed by atoms with Crippen LogP contribution < -0.4 is 5.69 Å². The molecule has 2 aromatic rings. The number of aryl methyl sites for hydroxylation is 1. The van der Waals surface area contributed by atoms with Gasteiger partial charge in [-0.15, -0.1) is 0 Å². The summed E-state index contributed by atoms with van der Waals surface area (Å²) in [4.78, 5) is 11.7. The summed E-state index contributed by atoms with van der Waals surface area (Å²) < 4.78 is 4.97. The molecule has 0 spiro atoms. The largest absolute Gasteiger partial charge is 0.345 e. The lowest BCUT2D eigenvalue weighted by molar-refractivity contribution is 0.327. The van der Waals surface area contributed by atoms with Crippen molar-refractivity contribution in [1.29, 1.82) is 0 Å². The smallest absolute Gasteiger partial charge is 0.285 e. The number of rotatable bonds is 3. The molecular formula is C13H19N5O. The van der Waals surface area contributed by atoms with E-state index in [1.54, 1.807) is 7.05 Å². The fraction of sp³-hybridized carbons (Fsp3) is 0.615. The quantitative estimate of drug-likeness (QED) is 0.837. The Morgan fingerprint density at radius 1 is 1.32 bits per heavy atom. The first-order valence-electron chi connectivity index (χ1n) is 6.86. The zero-order valence-corrected chi connectivity index (χ0v) is 11.2. The highest BCUT2D eigenvalue weighted by Gasteiger charge is 2.16. The summed E-state index contributed by atoms with van der Waals surface area (Å²) in [6.07, 6.45) is 9.90. The normalized spacial score (nSPS) is 16.9. The molecule has 2 aromatic heterocycles. The van der Waals surface area contributed by atoms with Crippen LogP contribution in [0.5, 0.6) is 0 Å². The maximum atomic E-state index is 11.7. The molecular weight excluding hydrogens is 242 g/mol. The zero-order chi connectivity index (χ0) is 13.2. The molecule has 0 unspecified atom stereocenters. The third-order valence-electron chi connectivity index (χ3n) is 3.81. The Morgan fingerprint density at radius 3 is 2.79 bits per heavy atom. The fourth-order valence-corrected chi connectivity index (χ4v) is 2.69. The molecule has 6 heteroatoms. The van der Waals surface area contributed by atoms with Crippen LogP contribution in [0.15, 0.2) is 23.4 Å². The van der Waals surface area contributed by atoms with Gasteiger partial charge in [0.2, 0.25) is 0 Å². The number of hydrogen-bond acceptors (Lipinski definition) is 3. The first-order valence-corrected chi connectivity index (χ1v) is 6.86. The van der Waals surface area contributed by atoms with Crippen LogP contribution in [-0.4, -0.2) is 24.1 Å². The maximum absolute atomic E-state index is 11.7. The number of aromatic nitrogens is 5. The van der Waals surface area contributed by atoms with Gasteiger partial charge in [0.1, 0.15) is 6.33 Å². The van der Waals surface area contributed by atoms with E-state index in [4.69, 9.17) is 0 Å². The molecule has 3 rings (SSSR count). The Labute approximate surface area is 111 Å². The van der Waals surface area contributed by atoms with Crippen molar-refractivity contribution in [3.05, 3.63) is 34.8 Å². The molecule has 0 saturated heterocycles. The van der Waals surface area contributed by atoms with Crippen molar-refractivity contribution in [2.24, 2.45) is 7.05 Å². The summed E-state index contributed by atoms with van der Waals surface area (Å²) in [6, 6.07) is 2.51. The highest BCUT2D eigenvalue weighted by atomic mass is 16.2. The van der Waals surface area contributed by atoms with Crippen LogP contribution in [0.2, 0.25) is 0 Å². The molecule has 0 aromatic carbocycles. The van der Waals surface area contributed by atoms with E-state index in [1.165, 1.54) is 47.7 Å². The van der Waals surface area contributed by atoms with E-state index in [-0.39, 0.29) is 5.69 Å². The van der Waals surface area contributed by atoms with Gasteiger partial charge in [0.05, 0.1) is 18.3 Å². The van der Waals surface area contributed by atoms with Gasteiger partial charge in [0, 0.05) is 13.2 Å². The van der Waals surface area contributed by atoms with Crippen LogP contribution in [0.3, 0.4) is 0 Å². The van der Waals surface area contributed by atoms with Crippen molar-refractivity contribution < 1.29 is 0 Å². The van der Waals surface area contributed by atoms with E-state index in [0.29, 0.717) is 12.6 Å². The van der Waals surface area contributed by atoms with Gasteiger partial charge in [-0.1, -0.05) is 19.3 Å². The van der Waals surface area contributed by atoms with Gasteiger partial charge >= 0.3 is 5.69 Å². The number of hydrogen-bond donors (Lipinski definition) is 0. The summed E-state index contributed by atoms with van der Waals surface area (Å²) in [6.45, 7) is 0.444. The van der Waals surface area contributed by atoms with Crippen LogP contribution in [-0.2, 0) is 13.6 Å². The summed E-state index contributed by atoms with van der Waals surface area (Å²) in [7, 11) is 1.70. The van der Waals surface area contributed by atoms with Gasteiger partial charge in [0.15, 0.2) is 0 Å². The van der Waals surface area contributed by atoms with E-state index >= 15 is 0 Å². The summed E-state index contributed by atoms with van der Waals surface area (Å²) >= 11 is 0. The second-order valence-corrected chi connectivity index (χ2v) is 5.26. The Bertz CT molecular complexity index is 603. The minimum absolute atomic E-state index is 0.104. The second kappa shape index (κ2) is 5.03. The molecule has 0 bridgehead atoms. The van der Waals surface area contributed by atoms with Gasteiger partial charge in [-0.2, -0.15) is 10.2 Å². The van der Waals surface area contributed by atoms with Crippen molar-refractivity contribution in [3.8, 4) is 0 Å². The minimum atomic E-state index is -0.104. The predicted octanol–water partition coefficient (Wildman–Crippen LogP) is 1.33. The molecule has 1 aliphatic carbocycles. The van der Waals surface area contributed by atoms with E-state index < -0.39 is 0 Å². The molecule has 0 N–H and O–H groups in total. The van der Waals surface area contributed by atoms with Crippen LogP contribution >= 0.6 is 0 Å². The van der Waals surface area contributed by atoms with E-state index in [1.807, 2.05) is 12.3 Å². The third-order valence-corrected chi connectivity index (χ3v) is 3.81.